The molecule has 2 aliphatic rings. The number of carbonyl (C=O) groups is 1. The molecule has 5 nitrogen and oxygen atoms in total. The summed E-state index contributed by atoms with van der Waals surface area (Å²) in [7, 11) is -1.76. The van der Waals surface area contributed by atoms with Crippen LogP contribution >= 0.6 is 0 Å². The minimum atomic E-state index is -3.49. The van der Waals surface area contributed by atoms with Gasteiger partial charge in [-0.25, -0.2) is 8.42 Å². The highest BCUT2D eigenvalue weighted by molar-refractivity contribution is 7.89. The molecule has 2 bridgehead atoms. The van der Waals surface area contributed by atoms with E-state index in [1.807, 2.05) is 0 Å². The maximum Gasteiger partial charge on any atom is 0.243 e. The zero-order chi connectivity index (χ0) is 12.2. The zero-order valence-electron chi connectivity index (χ0n) is 9.33. The summed E-state index contributed by atoms with van der Waals surface area (Å²) >= 11 is 0. The van der Waals surface area contributed by atoms with Gasteiger partial charge in [-0.3, -0.25) is 4.79 Å². The molecule has 2 unspecified atom stereocenters. The standard InChI is InChI=1S/C11H12N2O3S/c1-12-9-6-13(7-11(12)14)17(15,16)10-5-3-2-4-8(9)10/h2-5,9H,6-7H2,1H3. The third kappa shape index (κ3) is 1.34. The molecule has 2 heterocycles. The molecular weight excluding hydrogens is 240 g/mol. The van der Waals surface area contributed by atoms with E-state index >= 15 is 0 Å². The Labute approximate surface area is 99.7 Å². The van der Waals surface area contributed by atoms with Gasteiger partial charge in [-0.05, 0) is 11.6 Å². The molecule has 0 spiro atoms. The first-order chi connectivity index (χ1) is 8.01. The summed E-state index contributed by atoms with van der Waals surface area (Å²) in [4.78, 5) is 13.7. The lowest BCUT2D eigenvalue weighted by molar-refractivity contribution is -0.136. The number of nitrogens with zero attached hydrogens (tertiary/aromatic N) is 2. The maximum absolute atomic E-state index is 12.2. The predicted octanol–water partition coefficient (Wildman–Crippen LogP) is 0.204. The number of likely N-dealkylation sites (N-methyl/N-ethyl adjacent to an activating group) is 1. The van der Waals surface area contributed by atoms with E-state index in [9.17, 15) is 13.2 Å². The molecule has 3 rings (SSSR count). The SMILES string of the molecule is CN1C(=O)CN2CC1c1ccccc1S2(=O)=O. The number of hydrogen-bond acceptors (Lipinski definition) is 3. The van der Waals surface area contributed by atoms with Gasteiger partial charge in [0.25, 0.3) is 0 Å². The number of benzene rings is 1. The number of rotatable bonds is 0. The second-order valence-electron chi connectivity index (χ2n) is 4.36. The largest absolute Gasteiger partial charge is 0.336 e. The fraction of sp³-hybridized carbons (Fsp3) is 0.364. The highest BCUT2D eigenvalue weighted by Gasteiger charge is 2.44. The molecule has 0 aliphatic carbocycles. The van der Waals surface area contributed by atoms with Gasteiger partial charge in [0.15, 0.2) is 0 Å². The van der Waals surface area contributed by atoms with Gasteiger partial charge >= 0.3 is 0 Å². The first-order valence-electron chi connectivity index (χ1n) is 5.36. The number of piperazine rings is 1. The summed E-state index contributed by atoms with van der Waals surface area (Å²) in [5.41, 5.74) is 0.722. The highest BCUT2D eigenvalue weighted by atomic mass is 32.2. The van der Waals surface area contributed by atoms with E-state index in [4.69, 9.17) is 0 Å². The number of amides is 1. The van der Waals surface area contributed by atoms with Crippen molar-refractivity contribution in [2.45, 2.75) is 10.9 Å². The van der Waals surface area contributed by atoms with E-state index in [1.54, 1.807) is 36.2 Å². The summed E-state index contributed by atoms with van der Waals surface area (Å²) in [6.07, 6.45) is 0. The zero-order valence-corrected chi connectivity index (χ0v) is 10.1. The number of hydrogen-bond donors (Lipinski definition) is 0. The third-order valence-electron chi connectivity index (χ3n) is 3.44. The van der Waals surface area contributed by atoms with E-state index in [2.05, 4.69) is 0 Å². The smallest absolute Gasteiger partial charge is 0.243 e. The van der Waals surface area contributed by atoms with Crippen LogP contribution < -0.4 is 0 Å². The van der Waals surface area contributed by atoms with Crippen molar-refractivity contribution in [1.82, 2.24) is 9.21 Å². The van der Waals surface area contributed by atoms with Crippen LogP contribution in [-0.2, 0) is 14.8 Å². The topological polar surface area (TPSA) is 57.7 Å². The Morgan fingerprint density at radius 3 is 2.76 bits per heavy atom. The number of sulfonamides is 1. The molecule has 1 aromatic rings. The van der Waals surface area contributed by atoms with Gasteiger partial charge in [-0.2, -0.15) is 4.31 Å². The molecule has 90 valence electrons. The first-order valence-corrected chi connectivity index (χ1v) is 6.80. The molecule has 1 fully saturated rings. The van der Waals surface area contributed by atoms with Crippen LogP contribution in [0.1, 0.15) is 11.6 Å². The van der Waals surface area contributed by atoms with Crippen LogP contribution in [0.5, 0.6) is 0 Å². The van der Waals surface area contributed by atoms with E-state index in [0.717, 1.165) is 5.56 Å². The van der Waals surface area contributed by atoms with Gasteiger partial charge in [-0.1, -0.05) is 18.2 Å². The van der Waals surface area contributed by atoms with E-state index in [-0.39, 0.29) is 18.5 Å². The molecule has 0 radical (unpaired) electrons. The highest BCUT2D eigenvalue weighted by Crippen LogP contribution is 2.37. The Bertz CT molecular complexity index is 596. The van der Waals surface area contributed by atoms with Crippen LogP contribution in [0.4, 0.5) is 0 Å². The molecule has 6 heteroatoms. The summed E-state index contributed by atoms with van der Waals surface area (Å²) in [6.45, 7) is 0.311. The van der Waals surface area contributed by atoms with Crippen molar-refractivity contribution in [3.63, 3.8) is 0 Å². The van der Waals surface area contributed by atoms with Crippen LogP contribution in [0, 0.1) is 0 Å². The van der Waals surface area contributed by atoms with Crippen molar-refractivity contribution in [3.05, 3.63) is 29.8 Å². The van der Waals surface area contributed by atoms with Crippen molar-refractivity contribution < 1.29 is 13.2 Å². The minimum Gasteiger partial charge on any atom is -0.336 e. The summed E-state index contributed by atoms with van der Waals surface area (Å²) in [6, 6.07) is 6.74. The van der Waals surface area contributed by atoms with E-state index in [0.29, 0.717) is 11.4 Å². The van der Waals surface area contributed by atoms with Crippen LogP contribution in [0.2, 0.25) is 0 Å². The molecule has 0 aromatic heterocycles. The van der Waals surface area contributed by atoms with Gasteiger partial charge < -0.3 is 4.90 Å². The molecule has 1 amide bonds. The van der Waals surface area contributed by atoms with Crippen molar-refractivity contribution in [1.29, 1.82) is 0 Å². The van der Waals surface area contributed by atoms with E-state index < -0.39 is 10.0 Å². The normalized spacial score (nSPS) is 29.9. The molecular formula is C11H12N2O3S. The van der Waals surface area contributed by atoms with Gasteiger partial charge in [-0.15, -0.1) is 0 Å². The average molecular weight is 252 g/mol. The summed E-state index contributed by atoms with van der Waals surface area (Å²) in [5, 5.41) is 0. The monoisotopic (exact) mass is 252 g/mol. The predicted molar refractivity (Wildman–Crippen MR) is 60.7 cm³/mol. The summed E-state index contributed by atoms with van der Waals surface area (Å²) in [5.74, 6) is -0.153. The number of carbonyl (C=O) groups excluding carboxylic acids is 1. The second kappa shape index (κ2) is 3.30. The van der Waals surface area contributed by atoms with Crippen molar-refractivity contribution in [2.24, 2.45) is 0 Å². The molecule has 1 saturated heterocycles. The van der Waals surface area contributed by atoms with Crippen LogP contribution in [-0.4, -0.2) is 43.7 Å². The van der Waals surface area contributed by atoms with Crippen LogP contribution in [0.15, 0.2) is 29.2 Å². The van der Waals surface area contributed by atoms with Gasteiger partial charge in [0, 0.05) is 13.6 Å². The van der Waals surface area contributed by atoms with Gasteiger partial charge in [0.1, 0.15) is 0 Å². The Morgan fingerprint density at radius 2 is 2.00 bits per heavy atom. The Hall–Kier alpha value is -1.40. The average Bonchev–Trinajstić information content (AvgIpc) is 2.31. The molecule has 1 aromatic carbocycles. The Morgan fingerprint density at radius 1 is 1.29 bits per heavy atom. The minimum absolute atomic E-state index is 0.0519. The second-order valence-corrected chi connectivity index (χ2v) is 6.26. The molecule has 0 N–H and O–H groups in total. The summed E-state index contributed by atoms with van der Waals surface area (Å²) < 4.78 is 25.7. The van der Waals surface area contributed by atoms with Crippen LogP contribution in [0.25, 0.3) is 0 Å². The quantitative estimate of drug-likeness (QED) is 0.663. The third-order valence-corrected chi connectivity index (χ3v) is 5.33. The van der Waals surface area contributed by atoms with E-state index in [1.165, 1.54) is 4.31 Å². The Kier molecular flexibility index (Phi) is 2.08. The lowest BCUT2D eigenvalue weighted by atomic mass is 10.0. The molecule has 17 heavy (non-hydrogen) atoms. The van der Waals surface area contributed by atoms with Crippen molar-refractivity contribution >= 4 is 15.9 Å². The van der Waals surface area contributed by atoms with Crippen molar-refractivity contribution in [2.75, 3.05) is 20.1 Å². The molecule has 0 saturated carbocycles. The lowest BCUT2D eigenvalue weighted by Gasteiger charge is -2.42. The fourth-order valence-corrected chi connectivity index (χ4v) is 4.08. The maximum atomic E-state index is 12.2. The van der Waals surface area contributed by atoms with Gasteiger partial charge in [0.2, 0.25) is 15.9 Å². The molecule has 2 atom stereocenters. The van der Waals surface area contributed by atoms with Gasteiger partial charge in [0.05, 0.1) is 17.5 Å². The Balaban J connectivity index is 2.27. The fourth-order valence-electron chi connectivity index (χ4n) is 2.44. The lowest BCUT2D eigenvalue weighted by Crippen LogP contribution is -2.55. The van der Waals surface area contributed by atoms with Crippen molar-refractivity contribution in [3.8, 4) is 0 Å². The first kappa shape index (κ1) is 10.7. The molecule has 2 aliphatic heterocycles. The van der Waals surface area contributed by atoms with Crippen LogP contribution in [0.3, 0.4) is 0 Å². The number of fused-ring (bicyclic) bond motifs is 4.